The van der Waals surface area contributed by atoms with Crippen LogP contribution in [0.3, 0.4) is 0 Å². The maximum Gasteiger partial charge on any atom is 0.136 e. The van der Waals surface area contributed by atoms with Gasteiger partial charge < -0.3 is 5.73 Å². The fourth-order valence-electron chi connectivity index (χ4n) is 1.75. The second-order valence-electron chi connectivity index (χ2n) is 3.92. The van der Waals surface area contributed by atoms with Gasteiger partial charge in [0.1, 0.15) is 5.67 Å². The molecule has 0 amide bonds. The zero-order valence-corrected chi connectivity index (χ0v) is 7.31. The maximum atomic E-state index is 13.5. The van der Waals surface area contributed by atoms with Crippen LogP contribution in [0.1, 0.15) is 20.3 Å². The van der Waals surface area contributed by atoms with E-state index in [4.69, 9.17) is 5.73 Å². The zero-order chi connectivity index (χ0) is 8.48. The third-order valence-electron chi connectivity index (χ3n) is 2.05. The lowest BCUT2D eigenvalue weighted by molar-refractivity contribution is -0.0439. The van der Waals surface area contributed by atoms with E-state index in [9.17, 15) is 4.39 Å². The van der Waals surface area contributed by atoms with Crippen molar-refractivity contribution in [2.24, 2.45) is 11.7 Å². The van der Waals surface area contributed by atoms with E-state index in [1.54, 1.807) is 0 Å². The molecule has 0 atom stereocenters. The number of alkyl halides is 1. The van der Waals surface area contributed by atoms with Crippen molar-refractivity contribution in [3.8, 4) is 0 Å². The lowest BCUT2D eigenvalue weighted by Crippen LogP contribution is -2.60. The van der Waals surface area contributed by atoms with Crippen LogP contribution in [0.4, 0.5) is 4.39 Å². The summed E-state index contributed by atoms with van der Waals surface area (Å²) < 4.78 is 13.5. The standard InChI is InChI=1S/C8H17FN2/c1-7(2)3-8(9)4-11(5-8)6-10/h7H,3-6,10H2,1-2H3. The first-order valence-electron chi connectivity index (χ1n) is 4.17. The summed E-state index contributed by atoms with van der Waals surface area (Å²) in [5, 5.41) is 0. The van der Waals surface area contributed by atoms with Crippen molar-refractivity contribution >= 4 is 0 Å². The van der Waals surface area contributed by atoms with Gasteiger partial charge in [0.2, 0.25) is 0 Å². The molecule has 0 aromatic carbocycles. The van der Waals surface area contributed by atoms with Gasteiger partial charge in [0.05, 0.1) is 0 Å². The SMILES string of the molecule is CC(C)CC1(F)CN(CN)C1. The van der Waals surface area contributed by atoms with E-state index in [1.807, 2.05) is 18.7 Å². The molecule has 0 aromatic rings. The van der Waals surface area contributed by atoms with Gasteiger partial charge in [-0.3, -0.25) is 4.90 Å². The average molecular weight is 160 g/mol. The van der Waals surface area contributed by atoms with Crippen LogP contribution in [0.5, 0.6) is 0 Å². The summed E-state index contributed by atoms with van der Waals surface area (Å²) in [7, 11) is 0. The molecule has 0 bridgehead atoms. The highest BCUT2D eigenvalue weighted by Crippen LogP contribution is 2.30. The van der Waals surface area contributed by atoms with E-state index in [0.717, 1.165) is 0 Å². The number of nitrogens with two attached hydrogens (primary N) is 1. The summed E-state index contributed by atoms with van der Waals surface area (Å²) >= 11 is 0. The molecule has 1 aliphatic heterocycles. The summed E-state index contributed by atoms with van der Waals surface area (Å²) in [5.41, 5.74) is 4.41. The Balaban J connectivity index is 2.25. The van der Waals surface area contributed by atoms with Gasteiger partial charge in [-0.15, -0.1) is 0 Å². The van der Waals surface area contributed by atoms with Crippen LogP contribution in [0, 0.1) is 5.92 Å². The smallest absolute Gasteiger partial charge is 0.136 e. The Morgan fingerprint density at radius 1 is 1.55 bits per heavy atom. The quantitative estimate of drug-likeness (QED) is 0.666. The molecule has 0 unspecified atom stereocenters. The molecule has 3 heteroatoms. The van der Waals surface area contributed by atoms with Crippen LogP contribution < -0.4 is 5.73 Å². The normalized spacial score (nSPS) is 23.7. The third-order valence-corrected chi connectivity index (χ3v) is 2.05. The Hall–Kier alpha value is -0.150. The number of hydrogen-bond donors (Lipinski definition) is 1. The highest BCUT2D eigenvalue weighted by molar-refractivity contribution is 4.95. The Morgan fingerprint density at radius 3 is 2.45 bits per heavy atom. The van der Waals surface area contributed by atoms with E-state index in [0.29, 0.717) is 32.1 Å². The molecule has 1 saturated heterocycles. The van der Waals surface area contributed by atoms with Crippen molar-refractivity contribution in [1.82, 2.24) is 4.90 Å². The van der Waals surface area contributed by atoms with Gasteiger partial charge >= 0.3 is 0 Å². The molecule has 0 saturated carbocycles. The van der Waals surface area contributed by atoms with E-state index < -0.39 is 5.67 Å². The highest BCUT2D eigenvalue weighted by atomic mass is 19.1. The Bertz CT molecular complexity index is 130. The minimum absolute atomic E-state index is 0.444. The van der Waals surface area contributed by atoms with E-state index in [2.05, 4.69) is 0 Å². The summed E-state index contributed by atoms with van der Waals surface area (Å²) in [6.07, 6.45) is 0.670. The summed E-state index contributed by atoms with van der Waals surface area (Å²) in [4.78, 5) is 1.92. The molecule has 11 heavy (non-hydrogen) atoms. The van der Waals surface area contributed by atoms with Crippen LogP contribution in [0.15, 0.2) is 0 Å². The van der Waals surface area contributed by atoms with E-state index in [1.165, 1.54) is 0 Å². The third kappa shape index (κ3) is 2.14. The van der Waals surface area contributed by atoms with Crippen molar-refractivity contribution in [1.29, 1.82) is 0 Å². The van der Waals surface area contributed by atoms with E-state index >= 15 is 0 Å². The summed E-state index contributed by atoms with van der Waals surface area (Å²) in [6, 6.07) is 0. The number of nitrogens with zero attached hydrogens (tertiary/aromatic N) is 1. The van der Waals surface area contributed by atoms with Crippen molar-refractivity contribution in [3.63, 3.8) is 0 Å². The molecule has 0 radical (unpaired) electrons. The number of rotatable bonds is 3. The molecule has 1 rings (SSSR count). The zero-order valence-electron chi connectivity index (χ0n) is 7.31. The predicted octanol–water partition coefficient (Wildman–Crippen LogP) is 0.973. The first-order valence-corrected chi connectivity index (χ1v) is 4.17. The molecular formula is C8H17FN2. The molecule has 0 spiro atoms. The van der Waals surface area contributed by atoms with Gasteiger partial charge in [-0.25, -0.2) is 4.39 Å². The van der Waals surface area contributed by atoms with Crippen molar-refractivity contribution < 1.29 is 4.39 Å². The molecule has 0 aliphatic carbocycles. The fourth-order valence-corrected chi connectivity index (χ4v) is 1.75. The van der Waals surface area contributed by atoms with Crippen LogP contribution in [0.2, 0.25) is 0 Å². The maximum absolute atomic E-state index is 13.5. The molecular weight excluding hydrogens is 143 g/mol. The molecule has 1 heterocycles. The van der Waals surface area contributed by atoms with Gasteiger partial charge in [-0.05, 0) is 12.3 Å². The summed E-state index contributed by atoms with van der Waals surface area (Å²) in [5.74, 6) is 0.444. The average Bonchev–Trinajstić information content (AvgIpc) is 1.80. The summed E-state index contributed by atoms with van der Waals surface area (Å²) in [6.45, 7) is 5.64. The van der Waals surface area contributed by atoms with Gasteiger partial charge in [-0.2, -0.15) is 0 Å². The highest BCUT2D eigenvalue weighted by Gasteiger charge is 2.42. The number of halogens is 1. The van der Waals surface area contributed by atoms with Crippen molar-refractivity contribution in [2.45, 2.75) is 25.9 Å². The Kier molecular flexibility index (Phi) is 2.50. The first-order chi connectivity index (χ1) is 5.06. The fraction of sp³-hybridized carbons (Fsp3) is 1.00. The largest absolute Gasteiger partial charge is 0.318 e. The molecule has 1 fully saturated rings. The minimum atomic E-state index is -0.937. The van der Waals surface area contributed by atoms with Gasteiger partial charge in [0, 0.05) is 19.8 Å². The van der Waals surface area contributed by atoms with Gasteiger partial charge in [0.15, 0.2) is 0 Å². The topological polar surface area (TPSA) is 29.3 Å². The van der Waals surface area contributed by atoms with Gasteiger partial charge in [-0.1, -0.05) is 13.8 Å². The lowest BCUT2D eigenvalue weighted by atomic mass is 9.87. The van der Waals surface area contributed by atoms with Crippen LogP contribution >= 0.6 is 0 Å². The first kappa shape index (κ1) is 8.94. The van der Waals surface area contributed by atoms with E-state index in [-0.39, 0.29) is 0 Å². The van der Waals surface area contributed by atoms with Crippen LogP contribution in [-0.2, 0) is 0 Å². The minimum Gasteiger partial charge on any atom is -0.318 e. The van der Waals surface area contributed by atoms with Crippen molar-refractivity contribution in [2.75, 3.05) is 19.8 Å². The monoisotopic (exact) mass is 160 g/mol. The van der Waals surface area contributed by atoms with Crippen molar-refractivity contribution in [3.05, 3.63) is 0 Å². The molecule has 2 nitrogen and oxygen atoms in total. The van der Waals surface area contributed by atoms with Crippen LogP contribution in [-0.4, -0.2) is 30.3 Å². The number of hydrogen-bond acceptors (Lipinski definition) is 2. The Labute approximate surface area is 67.6 Å². The molecule has 1 aliphatic rings. The lowest BCUT2D eigenvalue weighted by Gasteiger charge is -2.44. The Morgan fingerprint density at radius 2 is 2.09 bits per heavy atom. The van der Waals surface area contributed by atoms with Crippen LogP contribution in [0.25, 0.3) is 0 Å². The van der Waals surface area contributed by atoms with Gasteiger partial charge in [0.25, 0.3) is 0 Å². The second kappa shape index (κ2) is 3.07. The second-order valence-corrected chi connectivity index (χ2v) is 3.92. The molecule has 66 valence electrons. The molecule has 2 N–H and O–H groups in total. The number of likely N-dealkylation sites (tertiary alicyclic amines) is 1. The molecule has 0 aromatic heterocycles. The predicted molar refractivity (Wildman–Crippen MR) is 43.9 cm³/mol.